The van der Waals surface area contributed by atoms with Gasteiger partial charge in [-0.2, -0.15) is 0 Å². The van der Waals surface area contributed by atoms with Crippen molar-refractivity contribution in [3.63, 3.8) is 0 Å². The molecule has 6 heteroatoms. The molecule has 4 rings (SSSR count). The molecule has 0 saturated heterocycles. The quantitative estimate of drug-likeness (QED) is 0.562. The first-order valence-corrected chi connectivity index (χ1v) is 7.68. The van der Waals surface area contributed by atoms with Gasteiger partial charge in [-0.15, -0.1) is 11.3 Å². The van der Waals surface area contributed by atoms with Crippen molar-refractivity contribution in [2.24, 2.45) is 5.84 Å². The Bertz CT molecular complexity index is 801. The largest absolute Gasteiger partial charge is 0.493 e. The molecule has 21 heavy (non-hydrogen) atoms. The highest BCUT2D eigenvalue weighted by atomic mass is 32.1. The number of nitrogens with zero attached hydrogens (tertiary/aromatic N) is 2. The minimum atomic E-state index is 0.147. The summed E-state index contributed by atoms with van der Waals surface area (Å²) in [4.78, 5) is 10.3. The Balaban J connectivity index is 1.87. The standard InChI is InChI=1S/C15H14N4OS/c16-19-14-11-6-8-21-15(11)18-13(17-14)10-5-7-20-12-4-2-1-3-9(10)12/h1-4,6,8,10H,5,7,16H2,(H,17,18,19). The van der Waals surface area contributed by atoms with Crippen LogP contribution in [0.2, 0.25) is 0 Å². The Morgan fingerprint density at radius 1 is 1.24 bits per heavy atom. The van der Waals surface area contributed by atoms with Crippen molar-refractivity contribution >= 4 is 27.4 Å². The zero-order valence-electron chi connectivity index (χ0n) is 11.2. The van der Waals surface area contributed by atoms with E-state index in [1.165, 1.54) is 0 Å². The van der Waals surface area contributed by atoms with Crippen LogP contribution in [0.3, 0.4) is 0 Å². The van der Waals surface area contributed by atoms with Gasteiger partial charge in [0.25, 0.3) is 0 Å². The molecule has 1 unspecified atom stereocenters. The minimum Gasteiger partial charge on any atom is -0.493 e. The summed E-state index contributed by atoms with van der Waals surface area (Å²) in [7, 11) is 0. The zero-order valence-corrected chi connectivity index (χ0v) is 12.1. The first-order chi connectivity index (χ1) is 10.4. The third kappa shape index (κ3) is 2.03. The molecule has 1 aromatic carbocycles. The monoisotopic (exact) mass is 298 g/mol. The van der Waals surface area contributed by atoms with Gasteiger partial charge in [0.05, 0.1) is 17.9 Å². The van der Waals surface area contributed by atoms with Gasteiger partial charge in [-0.25, -0.2) is 15.8 Å². The number of anilines is 1. The van der Waals surface area contributed by atoms with Crippen molar-refractivity contribution < 1.29 is 4.74 Å². The van der Waals surface area contributed by atoms with Crippen LogP contribution in [0, 0.1) is 0 Å². The minimum absolute atomic E-state index is 0.147. The molecule has 1 aliphatic rings. The number of hydrazine groups is 1. The molecule has 106 valence electrons. The highest BCUT2D eigenvalue weighted by Gasteiger charge is 2.26. The van der Waals surface area contributed by atoms with Crippen LogP contribution in [0.4, 0.5) is 5.82 Å². The second-order valence-corrected chi connectivity index (χ2v) is 5.84. The summed E-state index contributed by atoms with van der Waals surface area (Å²) < 4.78 is 5.71. The van der Waals surface area contributed by atoms with Crippen LogP contribution in [0.1, 0.15) is 23.7 Å². The van der Waals surface area contributed by atoms with Crippen molar-refractivity contribution in [3.8, 4) is 5.75 Å². The lowest BCUT2D eigenvalue weighted by Crippen LogP contribution is -2.18. The first-order valence-electron chi connectivity index (χ1n) is 6.80. The van der Waals surface area contributed by atoms with Crippen LogP contribution in [0.25, 0.3) is 10.2 Å². The molecule has 3 heterocycles. The number of nitrogen functional groups attached to an aromatic ring is 1. The number of hydrogen-bond donors (Lipinski definition) is 2. The fourth-order valence-corrected chi connectivity index (χ4v) is 3.52. The number of hydrogen-bond acceptors (Lipinski definition) is 6. The lowest BCUT2D eigenvalue weighted by Gasteiger charge is -2.25. The number of nitrogens with one attached hydrogen (secondary N) is 1. The van der Waals surface area contributed by atoms with E-state index in [1.807, 2.05) is 29.6 Å². The number of benzene rings is 1. The lowest BCUT2D eigenvalue weighted by atomic mass is 9.92. The average Bonchev–Trinajstić information content (AvgIpc) is 3.02. The second kappa shape index (κ2) is 4.98. The van der Waals surface area contributed by atoms with Crippen LogP contribution in [0.5, 0.6) is 5.75 Å². The summed E-state index contributed by atoms with van der Waals surface area (Å²) in [6.07, 6.45) is 0.873. The zero-order chi connectivity index (χ0) is 14.2. The number of fused-ring (bicyclic) bond motifs is 2. The van der Waals surface area contributed by atoms with E-state index >= 15 is 0 Å². The summed E-state index contributed by atoms with van der Waals surface area (Å²) in [6.45, 7) is 0.679. The number of ether oxygens (including phenoxy) is 1. The first kappa shape index (κ1) is 12.6. The van der Waals surface area contributed by atoms with Gasteiger partial charge in [-0.3, -0.25) is 0 Å². The molecule has 0 amide bonds. The normalized spacial score (nSPS) is 17.3. The second-order valence-electron chi connectivity index (χ2n) is 4.94. The van der Waals surface area contributed by atoms with E-state index < -0.39 is 0 Å². The maximum Gasteiger partial charge on any atom is 0.152 e. The van der Waals surface area contributed by atoms with E-state index in [0.717, 1.165) is 33.8 Å². The molecule has 0 bridgehead atoms. The third-order valence-electron chi connectivity index (χ3n) is 3.75. The van der Waals surface area contributed by atoms with Crippen molar-refractivity contribution in [2.45, 2.75) is 12.3 Å². The summed E-state index contributed by atoms with van der Waals surface area (Å²) in [5, 5.41) is 2.97. The van der Waals surface area contributed by atoms with Crippen molar-refractivity contribution in [3.05, 3.63) is 47.1 Å². The molecule has 0 fully saturated rings. The van der Waals surface area contributed by atoms with Crippen molar-refractivity contribution in [2.75, 3.05) is 12.0 Å². The molecular formula is C15H14N4OS. The van der Waals surface area contributed by atoms with Crippen LogP contribution in [0.15, 0.2) is 35.7 Å². The maximum atomic E-state index is 5.71. The van der Waals surface area contributed by atoms with Crippen molar-refractivity contribution in [1.29, 1.82) is 0 Å². The molecule has 3 N–H and O–H groups in total. The molecule has 0 aliphatic carbocycles. The third-order valence-corrected chi connectivity index (χ3v) is 4.56. The van der Waals surface area contributed by atoms with Gasteiger partial charge in [0, 0.05) is 5.56 Å². The van der Waals surface area contributed by atoms with Gasteiger partial charge in [0.2, 0.25) is 0 Å². The van der Waals surface area contributed by atoms with Crippen LogP contribution in [-0.4, -0.2) is 16.6 Å². The smallest absolute Gasteiger partial charge is 0.152 e. The molecular weight excluding hydrogens is 284 g/mol. The molecule has 0 radical (unpaired) electrons. The fraction of sp³-hybridized carbons (Fsp3) is 0.200. The van der Waals surface area contributed by atoms with Crippen molar-refractivity contribution in [1.82, 2.24) is 9.97 Å². The molecule has 3 aromatic rings. The van der Waals surface area contributed by atoms with Crippen LogP contribution < -0.4 is 16.0 Å². The highest BCUT2D eigenvalue weighted by molar-refractivity contribution is 7.16. The predicted octanol–water partition coefficient (Wildman–Crippen LogP) is 2.89. The Hall–Kier alpha value is -2.18. The van der Waals surface area contributed by atoms with Gasteiger partial charge < -0.3 is 10.2 Å². The van der Waals surface area contributed by atoms with E-state index in [9.17, 15) is 0 Å². The van der Waals surface area contributed by atoms with Gasteiger partial charge >= 0.3 is 0 Å². The fourth-order valence-electron chi connectivity index (χ4n) is 2.75. The molecule has 1 aliphatic heterocycles. The van der Waals surface area contributed by atoms with Gasteiger partial charge in [-0.1, -0.05) is 18.2 Å². The van der Waals surface area contributed by atoms with E-state index in [-0.39, 0.29) is 5.92 Å². The Morgan fingerprint density at radius 2 is 2.14 bits per heavy atom. The van der Waals surface area contributed by atoms with Crippen LogP contribution in [-0.2, 0) is 0 Å². The Kier molecular flexibility index (Phi) is 2.98. The summed E-state index contributed by atoms with van der Waals surface area (Å²) in [6, 6.07) is 10.1. The molecule has 0 spiro atoms. The Morgan fingerprint density at radius 3 is 3.05 bits per heavy atom. The highest BCUT2D eigenvalue weighted by Crippen LogP contribution is 2.38. The van der Waals surface area contributed by atoms with Crippen LogP contribution >= 0.6 is 11.3 Å². The van der Waals surface area contributed by atoms with Gasteiger partial charge in [0.15, 0.2) is 5.82 Å². The van der Waals surface area contributed by atoms with Gasteiger partial charge in [-0.05, 0) is 23.9 Å². The lowest BCUT2D eigenvalue weighted by molar-refractivity contribution is 0.274. The van der Waals surface area contributed by atoms with E-state index in [2.05, 4.69) is 16.5 Å². The number of nitrogens with two attached hydrogens (primary N) is 1. The van der Waals surface area contributed by atoms with E-state index in [1.54, 1.807) is 11.3 Å². The molecule has 1 atom stereocenters. The van der Waals surface area contributed by atoms with E-state index in [4.69, 9.17) is 15.6 Å². The summed E-state index contributed by atoms with van der Waals surface area (Å²) in [5.74, 6) is 8.16. The average molecular weight is 298 g/mol. The number of rotatable bonds is 2. The SMILES string of the molecule is NNc1nc(C2CCOc3ccccc32)nc2sccc12. The van der Waals surface area contributed by atoms with E-state index in [0.29, 0.717) is 12.4 Å². The molecule has 0 saturated carbocycles. The molecule has 5 nitrogen and oxygen atoms in total. The summed E-state index contributed by atoms with van der Waals surface area (Å²) >= 11 is 1.60. The summed E-state index contributed by atoms with van der Waals surface area (Å²) in [5.41, 5.74) is 3.83. The molecule has 2 aromatic heterocycles. The topological polar surface area (TPSA) is 73.1 Å². The maximum absolute atomic E-state index is 5.71. The Labute approximate surface area is 125 Å². The van der Waals surface area contributed by atoms with Gasteiger partial charge in [0.1, 0.15) is 16.4 Å². The number of thiophene rings is 1. The predicted molar refractivity (Wildman–Crippen MR) is 83.6 cm³/mol. The number of para-hydroxylation sites is 1. The number of aromatic nitrogens is 2.